The molecule has 2 aliphatic heterocycles. The van der Waals surface area contributed by atoms with E-state index in [1.807, 2.05) is 20.8 Å². The summed E-state index contributed by atoms with van der Waals surface area (Å²) in [4.78, 5) is 23.1. The third-order valence-electron chi connectivity index (χ3n) is 4.14. The van der Waals surface area contributed by atoms with E-state index >= 15 is 0 Å². The Kier molecular flexibility index (Phi) is 4.50. The number of ether oxygens (including phenoxy) is 2. The molecule has 3 heterocycles. The van der Waals surface area contributed by atoms with Gasteiger partial charge in [0.15, 0.2) is 5.79 Å². The zero-order valence-corrected chi connectivity index (χ0v) is 14.0. The van der Waals surface area contributed by atoms with Gasteiger partial charge in [0.2, 0.25) is 0 Å². The number of amides is 1. The molecule has 23 heavy (non-hydrogen) atoms. The van der Waals surface area contributed by atoms with Crippen molar-refractivity contribution in [1.82, 2.24) is 15.3 Å². The third kappa shape index (κ3) is 3.61. The molecule has 0 unspecified atom stereocenters. The van der Waals surface area contributed by atoms with Crippen LogP contribution in [0.3, 0.4) is 0 Å². The number of anilines is 1. The first-order valence-corrected chi connectivity index (χ1v) is 8.17. The lowest BCUT2D eigenvalue weighted by Gasteiger charge is -2.38. The van der Waals surface area contributed by atoms with E-state index in [-0.39, 0.29) is 11.9 Å². The van der Waals surface area contributed by atoms with Crippen LogP contribution in [0.25, 0.3) is 0 Å². The van der Waals surface area contributed by atoms with Crippen molar-refractivity contribution in [2.75, 3.05) is 31.2 Å². The molecular weight excluding hydrogens is 296 g/mol. The minimum atomic E-state index is -0.406. The van der Waals surface area contributed by atoms with Gasteiger partial charge in [0.1, 0.15) is 17.3 Å². The number of carbonyl (C=O) groups is 1. The standard InChI is InChI=1S/C16H24N4O3/c1-11(2)17-15(21)13-10-14(19-12(3)18-13)20-6-4-16(5-7-20)22-8-9-23-16/h10-11H,4-9H2,1-3H3,(H,17,21). The second-order valence-electron chi connectivity index (χ2n) is 6.38. The summed E-state index contributed by atoms with van der Waals surface area (Å²) >= 11 is 0. The predicted octanol–water partition coefficient (Wildman–Crippen LogP) is 1.27. The predicted molar refractivity (Wildman–Crippen MR) is 85.5 cm³/mol. The van der Waals surface area contributed by atoms with Crippen molar-refractivity contribution in [3.05, 3.63) is 17.6 Å². The van der Waals surface area contributed by atoms with Gasteiger partial charge in [-0.2, -0.15) is 0 Å². The van der Waals surface area contributed by atoms with E-state index in [0.29, 0.717) is 24.7 Å². The summed E-state index contributed by atoms with van der Waals surface area (Å²) in [6, 6.07) is 1.84. The average Bonchev–Trinajstić information content (AvgIpc) is 2.95. The van der Waals surface area contributed by atoms with Gasteiger partial charge in [-0.3, -0.25) is 4.79 Å². The van der Waals surface area contributed by atoms with Crippen LogP contribution in [-0.2, 0) is 9.47 Å². The Morgan fingerprint density at radius 1 is 1.26 bits per heavy atom. The van der Waals surface area contributed by atoms with Crippen LogP contribution in [0.5, 0.6) is 0 Å². The van der Waals surface area contributed by atoms with Gasteiger partial charge in [0.25, 0.3) is 5.91 Å². The molecule has 1 N–H and O–H groups in total. The normalized spacial score (nSPS) is 20.3. The Morgan fingerprint density at radius 2 is 1.91 bits per heavy atom. The number of hydrogen-bond acceptors (Lipinski definition) is 6. The molecule has 0 atom stereocenters. The number of piperidine rings is 1. The van der Waals surface area contributed by atoms with E-state index in [9.17, 15) is 4.79 Å². The molecule has 3 rings (SSSR count). The number of aryl methyl sites for hydroxylation is 1. The largest absolute Gasteiger partial charge is 0.356 e. The lowest BCUT2D eigenvalue weighted by atomic mass is 10.0. The van der Waals surface area contributed by atoms with Crippen molar-refractivity contribution in [2.45, 2.75) is 45.4 Å². The van der Waals surface area contributed by atoms with Crippen molar-refractivity contribution in [3.63, 3.8) is 0 Å². The smallest absolute Gasteiger partial charge is 0.270 e. The van der Waals surface area contributed by atoms with Gasteiger partial charge < -0.3 is 19.7 Å². The molecule has 126 valence electrons. The van der Waals surface area contributed by atoms with E-state index in [0.717, 1.165) is 31.7 Å². The van der Waals surface area contributed by atoms with Crippen molar-refractivity contribution in [3.8, 4) is 0 Å². The zero-order valence-electron chi connectivity index (χ0n) is 14.0. The molecule has 7 heteroatoms. The van der Waals surface area contributed by atoms with E-state index in [2.05, 4.69) is 20.2 Å². The zero-order chi connectivity index (χ0) is 16.4. The molecule has 2 saturated heterocycles. The van der Waals surface area contributed by atoms with E-state index in [1.165, 1.54) is 0 Å². The quantitative estimate of drug-likeness (QED) is 0.904. The number of rotatable bonds is 3. The molecule has 1 amide bonds. The molecule has 1 spiro atoms. The molecule has 1 aromatic rings. The molecule has 0 bridgehead atoms. The van der Waals surface area contributed by atoms with Crippen LogP contribution in [0.15, 0.2) is 6.07 Å². The summed E-state index contributed by atoms with van der Waals surface area (Å²) in [6.45, 7) is 8.60. The average molecular weight is 320 g/mol. The fraction of sp³-hybridized carbons (Fsp3) is 0.688. The third-order valence-corrected chi connectivity index (χ3v) is 4.14. The molecule has 2 aliphatic rings. The van der Waals surface area contributed by atoms with Crippen molar-refractivity contribution >= 4 is 11.7 Å². The highest BCUT2D eigenvalue weighted by Crippen LogP contribution is 2.32. The summed E-state index contributed by atoms with van der Waals surface area (Å²) < 4.78 is 11.5. The van der Waals surface area contributed by atoms with Crippen LogP contribution in [0, 0.1) is 6.92 Å². The van der Waals surface area contributed by atoms with Gasteiger partial charge in [0.05, 0.1) is 13.2 Å². The summed E-state index contributed by atoms with van der Waals surface area (Å²) in [5, 5.41) is 2.87. The Bertz CT molecular complexity index is 575. The molecule has 0 radical (unpaired) electrons. The van der Waals surface area contributed by atoms with Crippen LogP contribution in [0.2, 0.25) is 0 Å². The van der Waals surface area contributed by atoms with E-state index in [1.54, 1.807) is 6.07 Å². The molecule has 7 nitrogen and oxygen atoms in total. The lowest BCUT2D eigenvalue weighted by Crippen LogP contribution is -2.45. The van der Waals surface area contributed by atoms with Crippen LogP contribution in [0.1, 0.15) is 43.0 Å². The first kappa shape index (κ1) is 16.1. The second kappa shape index (κ2) is 6.41. The molecule has 2 fully saturated rings. The van der Waals surface area contributed by atoms with Crippen molar-refractivity contribution in [1.29, 1.82) is 0 Å². The van der Waals surface area contributed by atoms with Crippen LogP contribution < -0.4 is 10.2 Å². The fourth-order valence-corrected chi connectivity index (χ4v) is 3.03. The number of hydrogen-bond donors (Lipinski definition) is 1. The molecular formula is C16H24N4O3. The first-order chi connectivity index (χ1) is 11.0. The van der Waals surface area contributed by atoms with Crippen LogP contribution in [-0.4, -0.2) is 54.0 Å². The lowest BCUT2D eigenvalue weighted by molar-refractivity contribution is -0.169. The van der Waals surface area contributed by atoms with E-state index in [4.69, 9.17) is 9.47 Å². The van der Waals surface area contributed by atoms with Gasteiger partial charge in [-0.15, -0.1) is 0 Å². The molecule has 0 aromatic carbocycles. The summed E-state index contributed by atoms with van der Waals surface area (Å²) in [5.41, 5.74) is 0.412. The van der Waals surface area contributed by atoms with E-state index < -0.39 is 5.79 Å². The Balaban J connectivity index is 1.73. The molecule has 0 aliphatic carbocycles. The molecule has 0 saturated carbocycles. The summed E-state index contributed by atoms with van der Waals surface area (Å²) in [7, 11) is 0. The van der Waals surface area contributed by atoms with Gasteiger partial charge >= 0.3 is 0 Å². The number of nitrogens with zero attached hydrogens (tertiary/aromatic N) is 3. The SMILES string of the molecule is Cc1nc(C(=O)NC(C)C)cc(N2CCC3(CC2)OCCO3)n1. The molecule has 1 aromatic heterocycles. The van der Waals surface area contributed by atoms with Gasteiger partial charge in [0, 0.05) is 38.0 Å². The van der Waals surface area contributed by atoms with Crippen molar-refractivity contribution < 1.29 is 14.3 Å². The highest BCUT2D eigenvalue weighted by molar-refractivity contribution is 5.93. The summed E-state index contributed by atoms with van der Waals surface area (Å²) in [6.07, 6.45) is 1.62. The first-order valence-electron chi connectivity index (χ1n) is 8.17. The fourth-order valence-electron chi connectivity index (χ4n) is 3.03. The number of nitrogens with one attached hydrogen (secondary N) is 1. The maximum atomic E-state index is 12.2. The van der Waals surface area contributed by atoms with Gasteiger partial charge in [-0.05, 0) is 20.8 Å². The topological polar surface area (TPSA) is 76.6 Å². The monoisotopic (exact) mass is 320 g/mol. The Hall–Kier alpha value is -1.73. The van der Waals surface area contributed by atoms with Crippen molar-refractivity contribution in [2.24, 2.45) is 0 Å². The number of aromatic nitrogens is 2. The van der Waals surface area contributed by atoms with Crippen LogP contribution in [0.4, 0.5) is 5.82 Å². The minimum absolute atomic E-state index is 0.0766. The highest BCUT2D eigenvalue weighted by Gasteiger charge is 2.40. The van der Waals surface area contributed by atoms with Crippen LogP contribution >= 0.6 is 0 Å². The van der Waals surface area contributed by atoms with Gasteiger partial charge in [-0.25, -0.2) is 9.97 Å². The maximum Gasteiger partial charge on any atom is 0.270 e. The Morgan fingerprint density at radius 3 is 2.52 bits per heavy atom. The second-order valence-corrected chi connectivity index (χ2v) is 6.38. The van der Waals surface area contributed by atoms with Gasteiger partial charge in [-0.1, -0.05) is 0 Å². The summed E-state index contributed by atoms with van der Waals surface area (Å²) in [5.74, 6) is 0.822. The number of carbonyl (C=O) groups excluding carboxylic acids is 1. The maximum absolute atomic E-state index is 12.2. The Labute approximate surface area is 136 Å². The highest BCUT2D eigenvalue weighted by atomic mass is 16.7. The minimum Gasteiger partial charge on any atom is -0.356 e.